The Hall–Kier alpha value is -1.02. The lowest BCUT2D eigenvalue weighted by Gasteiger charge is -2.13. The van der Waals surface area contributed by atoms with E-state index in [1.807, 2.05) is 12.1 Å². The second-order valence-electron chi connectivity index (χ2n) is 5.09. The molecule has 1 aliphatic rings. The second kappa shape index (κ2) is 5.54. The average Bonchev–Trinajstić information content (AvgIpc) is 3.20. The van der Waals surface area contributed by atoms with E-state index in [4.69, 9.17) is 4.74 Å². The SMILES string of the molecule is CCC(C)c1ccc(OCC(O)C2CC2)cc1. The van der Waals surface area contributed by atoms with Crippen molar-refractivity contribution in [2.24, 2.45) is 5.92 Å². The maximum atomic E-state index is 9.71. The van der Waals surface area contributed by atoms with Crippen LogP contribution in [0.25, 0.3) is 0 Å². The third-order valence-corrected chi connectivity index (χ3v) is 3.65. The zero-order valence-corrected chi connectivity index (χ0v) is 10.7. The van der Waals surface area contributed by atoms with Crippen LogP contribution in [0, 0.1) is 5.92 Å². The molecule has 94 valence electrons. The summed E-state index contributed by atoms with van der Waals surface area (Å²) >= 11 is 0. The van der Waals surface area contributed by atoms with Gasteiger partial charge in [-0.2, -0.15) is 0 Å². The van der Waals surface area contributed by atoms with Crippen molar-refractivity contribution in [2.75, 3.05) is 6.61 Å². The molecule has 2 heteroatoms. The van der Waals surface area contributed by atoms with E-state index in [1.165, 1.54) is 5.56 Å². The molecule has 1 N–H and O–H groups in total. The first kappa shape index (κ1) is 12.4. The first-order valence-electron chi connectivity index (χ1n) is 6.61. The molecular formula is C15H22O2. The molecule has 1 aliphatic carbocycles. The van der Waals surface area contributed by atoms with Crippen molar-refractivity contribution < 1.29 is 9.84 Å². The van der Waals surface area contributed by atoms with Gasteiger partial charge in [-0.25, -0.2) is 0 Å². The van der Waals surface area contributed by atoms with Gasteiger partial charge in [0.25, 0.3) is 0 Å². The Balaban J connectivity index is 1.84. The van der Waals surface area contributed by atoms with E-state index >= 15 is 0 Å². The summed E-state index contributed by atoms with van der Waals surface area (Å²) in [5.74, 6) is 1.94. The van der Waals surface area contributed by atoms with Gasteiger partial charge in [0.1, 0.15) is 12.4 Å². The Kier molecular flexibility index (Phi) is 4.06. The van der Waals surface area contributed by atoms with Crippen molar-refractivity contribution in [2.45, 2.75) is 45.1 Å². The molecule has 2 unspecified atom stereocenters. The Bertz CT molecular complexity index is 340. The van der Waals surface area contributed by atoms with Crippen LogP contribution in [0.3, 0.4) is 0 Å². The Labute approximate surface area is 104 Å². The first-order chi connectivity index (χ1) is 8.20. The minimum absolute atomic E-state index is 0.288. The highest BCUT2D eigenvalue weighted by Gasteiger charge is 2.29. The number of ether oxygens (including phenoxy) is 1. The minimum atomic E-state index is -0.288. The van der Waals surface area contributed by atoms with Gasteiger partial charge < -0.3 is 9.84 Å². The summed E-state index contributed by atoms with van der Waals surface area (Å²) in [5.41, 5.74) is 1.35. The van der Waals surface area contributed by atoms with E-state index in [-0.39, 0.29) is 6.10 Å². The molecular weight excluding hydrogens is 212 g/mol. The summed E-state index contributed by atoms with van der Waals surface area (Å²) in [4.78, 5) is 0. The number of hydrogen-bond donors (Lipinski definition) is 1. The number of rotatable bonds is 6. The molecule has 0 aromatic heterocycles. The van der Waals surface area contributed by atoms with Crippen LogP contribution < -0.4 is 4.74 Å². The van der Waals surface area contributed by atoms with Crippen molar-refractivity contribution >= 4 is 0 Å². The predicted molar refractivity (Wildman–Crippen MR) is 69.4 cm³/mol. The molecule has 2 rings (SSSR count). The van der Waals surface area contributed by atoms with E-state index in [0.29, 0.717) is 18.4 Å². The second-order valence-corrected chi connectivity index (χ2v) is 5.09. The molecule has 0 radical (unpaired) electrons. The largest absolute Gasteiger partial charge is 0.491 e. The molecule has 2 atom stereocenters. The van der Waals surface area contributed by atoms with Crippen molar-refractivity contribution in [1.29, 1.82) is 0 Å². The lowest BCUT2D eigenvalue weighted by Crippen LogP contribution is -2.19. The van der Waals surface area contributed by atoms with Crippen LogP contribution >= 0.6 is 0 Å². The molecule has 17 heavy (non-hydrogen) atoms. The number of benzene rings is 1. The van der Waals surface area contributed by atoms with Gasteiger partial charge in [-0.05, 0) is 48.8 Å². The fourth-order valence-electron chi connectivity index (χ4n) is 1.93. The van der Waals surface area contributed by atoms with Gasteiger partial charge in [-0.1, -0.05) is 26.0 Å². The van der Waals surface area contributed by atoms with Crippen LogP contribution in [0.5, 0.6) is 5.75 Å². The number of hydrogen-bond acceptors (Lipinski definition) is 2. The topological polar surface area (TPSA) is 29.5 Å². The first-order valence-corrected chi connectivity index (χ1v) is 6.61. The summed E-state index contributed by atoms with van der Waals surface area (Å²) in [6.07, 6.45) is 3.17. The van der Waals surface area contributed by atoms with Crippen LogP contribution in [0.2, 0.25) is 0 Å². The molecule has 0 aliphatic heterocycles. The summed E-state index contributed by atoms with van der Waals surface area (Å²) in [6.45, 7) is 4.85. The van der Waals surface area contributed by atoms with Gasteiger partial charge in [0.05, 0.1) is 6.10 Å². The highest BCUT2D eigenvalue weighted by molar-refractivity contribution is 5.29. The molecule has 0 amide bonds. The Morgan fingerprint density at radius 2 is 1.94 bits per heavy atom. The van der Waals surface area contributed by atoms with Gasteiger partial charge in [-0.15, -0.1) is 0 Å². The summed E-state index contributed by atoms with van der Waals surface area (Å²) < 4.78 is 5.59. The smallest absolute Gasteiger partial charge is 0.119 e. The quantitative estimate of drug-likeness (QED) is 0.818. The van der Waals surface area contributed by atoms with E-state index in [1.54, 1.807) is 0 Å². The fraction of sp³-hybridized carbons (Fsp3) is 0.600. The standard InChI is InChI=1S/C15H22O2/c1-3-11(2)12-6-8-14(9-7-12)17-10-15(16)13-4-5-13/h6-9,11,13,15-16H,3-5,10H2,1-2H3. The third-order valence-electron chi connectivity index (χ3n) is 3.65. The lowest BCUT2D eigenvalue weighted by molar-refractivity contribution is 0.0894. The fourth-order valence-corrected chi connectivity index (χ4v) is 1.93. The van der Waals surface area contributed by atoms with E-state index in [2.05, 4.69) is 26.0 Å². The highest BCUT2D eigenvalue weighted by atomic mass is 16.5. The lowest BCUT2D eigenvalue weighted by atomic mass is 9.99. The van der Waals surface area contributed by atoms with Gasteiger partial charge in [0.15, 0.2) is 0 Å². The van der Waals surface area contributed by atoms with Gasteiger partial charge in [0, 0.05) is 0 Å². The summed E-state index contributed by atoms with van der Waals surface area (Å²) in [5, 5.41) is 9.71. The summed E-state index contributed by atoms with van der Waals surface area (Å²) in [6, 6.07) is 8.24. The van der Waals surface area contributed by atoms with Crippen LogP contribution in [-0.2, 0) is 0 Å². The van der Waals surface area contributed by atoms with E-state index < -0.39 is 0 Å². The molecule has 1 saturated carbocycles. The van der Waals surface area contributed by atoms with Crippen LogP contribution in [0.1, 0.15) is 44.6 Å². The van der Waals surface area contributed by atoms with Crippen LogP contribution in [0.15, 0.2) is 24.3 Å². The van der Waals surface area contributed by atoms with Crippen molar-refractivity contribution in [3.8, 4) is 5.75 Å². The molecule has 0 heterocycles. The van der Waals surface area contributed by atoms with Gasteiger partial charge in [0.2, 0.25) is 0 Å². The van der Waals surface area contributed by atoms with Crippen LogP contribution in [-0.4, -0.2) is 17.8 Å². The van der Waals surface area contributed by atoms with E-state index in [0.717, 1.165) is 25.0 Å². The van der Waals surface area contributed by atoms with Gasteiger partial charge in [-0.3, -0.25) is 0 Å². The molecule has 1 fully saturated rings. The molecule has 0 bridgehead atoms. The minimum Gasteiger partial charge on any atom is -0.491 e. The molecule has 0 spiro atoms. The van der Waals surface area contributed by atoms with Crippen LogP contribution in [0.4, 0.5) is 0 Å². The van der Waals surface area contributed by atoms with Crippen molar-refractivity contribution in [3.05, 3.63) is 29.8 Å². The monoisotopic (exact) mass is 234 g/mol. The third kappa shape index (κ3) is 3.47. The number of aliphatic hydroxyl groups is 1. The molecule has 2 nitrogen and oxygen atoms in total. The predicted octanol–water partition coefficient (Wildman–Crippen LogP) is 3.35. The molecule has 0 saturated heterocycles. The van der Waals surface area contributed by atoms with Crippen molar-refractivity contribution in [1.82, 2.24) is 0 Å². The van der Waals surface area contributed by atoms with Crippen molar-refractivity contribution in [3.63, 3.8) is 0 Å². The Morgan fingerprint density at radius 1 is 1.29 bits per heavy atom. The number of aliphatic hydroxyl groups excluding tert-OH is 1. The maximum Gasteiger partial charge on any atom is 0.119 e. The average molecular weight is 234 g/mol. The normalized spacial score (nSPS) is 18.8. The van der Waals surface area contributed by atoms with E-state index in [9.17, 15) is 5.11 Å². The van der Waals surface area contributed by atoms with Gasteiger partial charge >= 0.3 is 0 Å². The zero-order valence-electron chi connectivity index (χ0n) is 10.7. The zero-order chi connectivity index (χ0) is 12.3. The molecule has 1 aromatic carbocycles. The molecule has 1 aromatic rings. The maximum absolute atomic E-state index is 9.71. The summed E-state index contributed by atoms with van der Waals surface area (Å²) in [7, 11) is 0. The Morgan fingerprint density at radius 3 is 2.47 bits per heavy atom. The highest BCUT2D eigenvalue weighted by Crippen LogP contribution is 2.32.